The number of nitrogen functional groups attached to an aromatic ring is 1. The van der Waals surface area contributed by atoms with Gasteiger partial charge in [-0.25, -0.2) is 4.98 Å². The Morgan fingerprint density at radius 2 is 2.24 bits per heavy atom. The highest BCUT2D eigenvalue weighted by Gasteiger charge is 2.12. The first-order chi connectivity index (χ1) is 8.17. The Hall–Kier alpha value is -0.970. The predicted molar refractivity (Wildman–Crippen MR) is 73.5 cm³/mol. The van der Waals surface area contributed by atoms with E-state index in [0.29, 0.717) is 16.3 Å². The number of hydrogen-bond acceptors (Lipinski definition) is 4. The molecule has 0 aliphatic carbocycles. The molecule has 1 aromatic heterocycles. The molecule has 0 radical (unpaired) electrons. The lowest BCUT2D eigenvalue weighted by molar-refractivity contribution is 0.279. The third-order valence-electron chi connectivity index (χ3n) is 2.49. The van der Waals surface area contributed by atoms with Crippen LogP contribution in [0.4, 0.5) is 5.69 Å². The fraction of sp³-hybridized carbons (Fsp3) is 0.250. The normalized spacial score (nSPS) is 11.0. The van der Waals surface area contributed by atoms with Crippen LogP contribution in [-0.2, 0) is 6.61 Å². The van der Waals surface area contributed by atoms with Gasteiger partial charge >= 0.3 is 0 Å². The van der Waals surface area contributed by atoms with Crippen LogP contribution in [0.25, 0.3) is 10.9 Å². The highest BCUT2D eigenvalue weighted by atomic mass is 35.5. The summed E-state index contributed by atoms with van der Waals surface area (Å²) in [7, 11) is 0. The lowest BCUT2D eigenvalue weighted by Gasteiger charge is -2.11. The summed E-state index contributed by atoms with van der Waals surface area (Å²) in [6.07, 6.45) is 0. The second kappa shape index (κ2) is 5.12. The summed E-state index contributed by atoms with van der Waals surface area (Å²) in [5.74, 6) is 0.880. The van der Waals surface area contributed by atoms with E-state index in [1.807, 2.05) is 13.0 Å². The second-order valence-corrected chi connectivity index (χ2v) is 5.25. The van der Waals surface area contributed by atoms with Crippen LogP contribution in [0.5, 0.6) is 0 Å². The molecule has 0 fully saturated rings. The third kappa shape index (κ3) is 2.34. The van der Waals surface area contributed by atoms with E-state index in [1.54, 1.807) is 23.9 Å². The van der Waals surface area contributed by atoms with E-state index in [9.17, 15) is 5.11 Å². The second-order valence-electron chi connectivity index (χ2n) is 3.56. The number of benzene rings is 1. The molecule has 0 atom stereocenters. The van der Waals surface area contributed by atoms with E-state index in [-0.39, 0.29) is 6.61 Å². The Kier molecular flexibility index (Phi) is 3.76. The highest BCUT2D eigenvalue weighted by molar-refractivity contribution is 7.99. The van der Waals surface area contributed by atoms with E-state index >= 15 is 0 Å². The molecule has 2 rings (SSSR count). The van der Waals surface area contributed by atoms with Gasteiger partial charge in [0.1, 0.15) is 5.03 Å². The van der Waals surface area contributed by atoms with E-state index in [4.69, 9.17) is 17.3 Å². The summed E-state index contributed by atoms with van der Waals surface area (Å²) in [5, 5.41) is 11.6. The molecule has 17 heavy (non-hydrogen) atoms. The predicted octanol–water partition coefficient (Wildman–Crippen LogP) is 3.07. The van der Waals surface area contributed by atoms with Crippen LogP contribution in [-0.4, -0.2) is 15.8 Å². The van der Waals surface area contributed by atoms with Crippen LogP contribution in [0.2, 0.25) is 5.02 Å². The third-order valence-corrected chi connectivity index (χ3v) is 3.63. The Labute approximate surface area is 109 Å². The Balaban J connectivity index is 2.73. The van der Waals surface area contributed by atoms with Gasteiger partial charge in [0.05, 0.1) is 12.1 Å². The lowest BCUT2D eigenvalue weighted by atomic mass is 10.1. The molecule has 1 heterocycles. The summed E-state index contributed by atoms with van der Waals surface area (Å²) in [6.45, 7) is 1.94. The first-order valence-electron chi connectivity index (χ1n) is 5.28. The summed E-state index contributed by atoms with van der Waals surface area (Å²) in [5.41, 5.74) is 8.11. The highest BCUT2D eigenvalue weighted by Crippen LogP contribution is 2.32. The first kappa shape index (κ1) is 12.5. The molecule has 90 valence electrons. The molecule has 0 amide bonds. The van der Waals surface area contributed by atoms with Gasteiger partial charge in [0.2, 0.25) is 0 Å². The van der Waals surface area contributed by atoms with E-state index in [0.717, 1.165) is 21.7 Å². The quantitative estimate of drug-likeness (QED) is 0.840. The number of anilines is 1. The number of halogens is 1. The molecule has 1 aromatic carbocycles. The number of aliphatic hydroxyl groups is 1. The van der Waals surface area contributed by atoms with Crippen LogP contribution in [0.1, 0.15) is 12.5 Å². The lowest BCUT2D eigenvalue weighted by Crippen LogP contribution is -2.01. The maximum Gasteiger partial charge on any atom is 0.104 e. The summed E-state index contributed by atoms with van der Waals surface area (Å²) in [6, 6.07) is 5.39. The number of aromatic nitrogens is 1. The zero-order valence-corrected chi connectivity index (χ0v) is 11.0. The van der Waals surface area contributed by atoms with Gasteiger partial charge in [-0.3, -0.25) is 0 Å². The maximum atomic E-state index is 9.38. The van der Waals surface area contributed by atoms with Crippen molar-refractivity contribution >= 4 is 40.0 Å². The molecule has 2 aromatic rings. The molecule has 3 N–H and O–H groups in total. The van der Waals surface area contributed by atoms with Crippen LogP contribution in [0.3, 0.4) is 0 Å². The van der Waals surface area contributed by atoms with Gasteiger partial charge in [-0.2, -0.15) is 0 Å². The molecule has 0 saturated heterocycles. The van der Waals surface area contributed by atoms with Crippen molar-refractivity contribution < 1.29 is 5.11 Å². The van der Waals surface area contributed by atoms with Gasteiger partial charge in [-0.1, -0.05) is 18.5 Å². The Morgan fingerprint density at radius 1 is 1.47 bits per heavy atom. The number of nitrogens with zero attached hydrogens (tertiary/aromatic N) is 1. The van der Waals surface area contributed by atoms with E-state index in [1.165, 1.54) is 0 Å². The topological polar surface area (TPSA) is 59.1 Å². The zero-order chi connectivity index (χ0) is 12.4. The number of hydrogen-bond donors (Lipinski definition) is 2. The number of fused-ring (bicyclic) bond motifs is 1. The summed E-state index contributed by atoms with van der Waals surface area (Å²) < 4.78 is 0. The van der Waals surface area contributed by atoms with Gasteiger partial charge in [0.25, 0.3) is 0 Å². The van der Waals surface area contributed by atoms with Crippen molar-refractivity contribution in [3.63, 3.8) is 0 Å². The van der Waals surface area contributed by atoms with E-state index < -0.39 is 0 Å². The zero-order valence-electron chi connectivity index (χ0n) is 9.40. The minimum Gasteiger partial charge on any atom is -0.398 e. The number of rotatable bonds is 3. The molecule has 0 unspecified atom stereocenters. The number of nitrogens with two attached hydrogens (primary N) is 1. The SMILES string of the molecule is CCSc1nc2cc(Cl)ccc2c(N)c1CO. The van der Waals surface area contributed by atoms with Crippen LogP contribution in [0, 0.1) is 0 Å². The Morgan fingerprint density at radius 3 is 2.88 bits per heavy atom. The number of thioether (sulfide) groups is 1. The number of aliphatic hydroxyl groups excluding tert-OH is 1. The minimum absolute atomic E-state index is 0.0975. The van der Waals surface area contributed by atoms with Crippen molar-refractivity contribution in [2.45, 2.75) is 18.6 Å². The largest absolute Gasteiger partial charge is 0.398 e. The molecule has 0 aliphatic rings. The average Bonchev–Trinajstić information content (AvgIpc) is 2.29. The number of pyridine rings is 1. The van der Waals surface area contributed by atoms with Crippen LogP contribution in [0.15, 0.2) is 23.2 Å². The molecule has 0 aliphatic heterocycles. The first-order valence-corrected chi connectivity index (χ1v) is 6.65. The molecule has 0 spiro atoms. The van der Waals surface area contributed by atoms with Gasteiger partial charge in [0.15, 0.2) is 0 Å². The molecular weight excluding hydrogens is 256 g/mol. The van der Waals surface area contributed by atoms with Crippen molar-refractivity contribution in [2.75, 3.05) is 11.5 Å². The van der Waals surface area contributed by atoms with Gasteiger partial charge in [-0.15, -0.1) is 11.8 Å². The maximum absolute atomic E-state index is 9.38. The van der Waals surface area contributed by atoms with Gasteiger partial charge < -0.3 is 10.8 Å². The van der Waals surface area contributed by atoms with Crippen LogP contribution >= 0.6 is 23.4 Å². The van der Waals surface area contributed by atoms with Crippen molar-refractivity contribution in [3.05, 3.63) is 28.8 Å². The van der Waals surface area contributed by atoms with Crippen molar-refractivity contribution in [2.24, 2.45) is 0 Å². The molecule has 0 bridgehead atoms. The standard InChI is InChI=1S/C12H13ClN2OS/c1-2-17-12-9(6-16)11(14)8-4-3-7(13)5-10(8)15-12/h3-5,16H,2,6H2,1H3,(H2,14,15). The fourth-order valence-corrected chi connectivity index (χ4v) is 2.64. The Bertz CT molecular complexity index is 560. The summed E-state index contributed by atoms with van der Waals surface area (Å²) >= 11 is 7.50. The average molecular weight is 269 g/mol. The fourth-order valence-electron chi connectivity index (χ4n) is 1.69. The van der Waals surface area contributed by atoms with E-state index in [2.05, 4.69) is 4.98 Å². The van der Waals surface area contributed by atoms with Crippen molar-refractivity contribution in [1.29, 1.82) is 0 Å². The molecule has 0 saturated carbocycles. The summed E-state index contributed by atoms with van der Waals surface area (Å²) in [4.78, 5) is 4.50. The van der Waals surface area contributed by atoms with Gasteiger partial charge in [0, 0.05) is 21.7 Å². The minimum atomic E-state index is -0.0975. The smallest absolute Gasteiger partial charge is 0.104 e. The molecular formula is C12H13ClN2OS. The molecule has 5 heteroatoms. The van der Waals surface area contributed by atoms with Crippen molar-refractivity contribution in [1.82, 2.24) is 4.98 Å². The van der Waals surface area contributed by atoms with Crippen molar-refractivity contribution in [3.8, 4) is 0 Å². The monoisotopic (exact) mass is 268 g/mol. The van der Waals surface area contributed by atoms with Gasteiger partial charge in [-0.05, 0) is 24.0 Å². The van der Waals surface area contributed by atoms with Crippen LogP contribution < -0.4 is 5.73 Å². The molecule has 3 nitrogen and oxygen atoms in total.